The summed E-state index contributed by atoms with van der Waals surface area (Å²) in [4.78, 5) is 14.7. The summed E-state index contributed by atoms with van der Waals surface area (Å²) >= 11 is 0. The highest BCUT2D eigenvalue weighted by molar-refractivity contribution is 5.96. The van der Waals surface area contributed by atoms with Gasteiger partial charge in [-0.15, -0.1) is 0 Å². The van der Waals surface area contributed by atoms with Gasteiger partial charge >= 0.3 is 0 Å². The van der Waals surface area contributed by atoms with Gasteiger partial charge in [0.25, 0.3) is 0 Å². The molecule has 3 rings (SSSR count). The summed E-state index contributed by atoms with van der Waals surface area (Å²) in [7, 11) is 0. The van der Waals surface area contributed by atoms with Crippen molar-refractivity contribution in [1.29, 1.82) is 0 Å². The van der Waals surface area contributed by atoms with Gasteiger partial charge in [0.2, 0.25) is 5.91 Å². The van der Waals surface area contributed by atoms with E-state index in [9.17, 15) is 4.79 Å². The average molecular weight is 280 g/mol. The van der Waals surface area contributed by atoms with Gasteiger partial charge in [-0.1, -0.05) is 36.4 Å². The number of fused-ring (bicyclic) bond motifs is 1. The van der Waals surface area contributed by atoms with Gasteiger partial charge in [0.05, 0.1) is 0 Å². The van der Waals surface area contributed by atoms with Crippen LogP contribution in [0.1, 0.15) is 18.9 Å². The quantitative estimate of drug-likeness (QED) is 0.933. The van der Waals surface area contributed by atoms with E-state index in [0.717, 1.165) is 25.1 Å². The van der Waals surface area contributed by atoms with Crippen molar-refractivity contribution < 1.29 is 4.79 Å². The molecular weight excluding hydrogens is 260 g/mol. The van der Waals surface area contributed by atoms with Gasteiger partial charge in [-0.2, -0.15) is 0 Å². The van der Waals surface area contributed by atoms with Gasteiger partial charge in [-0.05, 0) is 43.5 Å². The molecule has 0 aromatic heterocycles. The minimum atomic E-state index is -0.174. The van der Waals surface area contributed by atoms with Crippen molar-refractivity contribution in [3.05, 3.63) is 60.2 Å². The van der Waals surface area contributed by atoms with E-state index in [4.69, 9.17) is 0 Å². The molecule has 0 saturated heterocycles. The minimum absolute atomic E-state index is 0.0397. The first kappa shape index (κ1) is 13.7. The molecule has 0 spiro atoms. The molecule has 3 heteroatoms. The maximum Gasteiger partial charge on any atom is 0.246 e. The molecule has 1 heterocycles. The molecule has 1 amide bonds. The maximum atomic E-state index is 12.5. The van der Waals surface area contributed by atoms with Gasteiger partial charge in [0.1, 0.15) is 6.04 Å². The first-order valence-corrected chi connectivity index (χ1v) is 7.46. The number of anilines is 2. The zero-order valence-corrected chi connectivity index (χ0v) is 12.3. The lowest BCUT2D eigenvalue weighted by Crippen LogP contribution is -2.44. The van der Waals surface area contributed by atoms with Crippen molar-refractivity contribution in [1.82, 2.24) is 0 Å². The lowest BCUT2D eigenvalue weighted by Gasteiger charge is -2.35. The van der Waals surface area contributed by atoms with E-state index in [1.807, 2.05) is 43.3 Å². The van der Waals surface area contributed by atoms with Crippen LogP contribution in [0, 0.1) is 0 Å². The largest absolute Gasteiger partial charge is 0.360 e. The molecule has 1 atom stereocenters. The van der Waals surface area contributed by atoms with Crippen molar-refractivity contribution in [2.75, 3.05) is 16.8 Å². The van der Waals surface area contributed by atoms with Crippen LogP contribution in [0.4, 0.5) is 11.4 Å². The van der Waals surface area contributed by atoms with Crippen LogP contribution in [0.15, 0.2) is 54.6 Å². The Morgan fingerprint density at radius 2 is 1.81 bits per heavy atom. The summed E-state index contributed by atoms with van der Waals surface area (Å²) < 4.78 is 0. The zero-order chi connectivity index (χ0) is 14.7. The van der Waals surface area contributed by atoms with Crippen LogP contribution in [0.5, 0.6) is 0 Å². The van der Waals surface area contributed by atoms with Gasteiger partial charge in [-0.3, -0.25) is 4.79 Å². The van der Waals surface area contributed by atoms with Crippen LogP contribution in [0.2, 0.25) is 0 Å². The van der Waals surface area contributed by atoms with E-state index < -0.39 is 0 Å². The third-order valence-corrected chi connectivity index (χ3v) is 4.03. The molecule has 2 aromatic carbocycles. The summed E-state index contributed by atoms with van der Waals surface area (Å²) in [5.41, 5.74) is 3.38. The number of amides is 1. The fraction of sp³-hybridized carbons (Fsp3) is 0.278. The Bertz CT molecular complexity index is 624. The summed E-state index contributed by atoms with van der Waals surface area (Å²) in [6, 6.07) is 17.8. The van der Waals surface area contributed by atoms with E-state index in [1.54, 1.807) is 0 Å². The third-order valence-electron chi connectivity index (χ3n) is 4.03. The van der Waals surface area contributed by atoms with Crippen molar-refractivity contribution in [3.8, 4) is 0 Å². The van der Waals surface area contributed by atoms with Crippen LogP contribution >= 0.6 is 0 Å². The second-order valence-corrected chi connectivity index (χ2v) is 5.46. The Balaban J connectivity index is 1.76. The van der Waals surface area contributed by atoms with Crippen molar-refractivity contribution in [2.45, 2.75) is 25.8 Å². The SMILES string of the molecule is C[C@@H](C(=O)Nc1ccccc1)N1CCCc2ccccc21. The van der Waals surface area contributed by atoms with Crippen molar-refractivity contribution in [3.63, 3.8) is 0 Å². The summed E-state index contributed by atoms with van der Waals surface area (Å²) in [5, 5.41) is 2.99. The van der Waals surface area contributed by atoms with E-state index in [0.29, 0.717) is 0 Å². The van der Waals surface area contributed by atoms with Crippen LogP contribution in [0.25, 0.3) is 0 Å². The number of rotatable bonds is 3. The molecule has 0 fully saturated rings. The predicted molar refractivity (Wildman–Crippen MR) is 86.6 cm³/mol. The Hall–Kier alpha value is -2.29. The van der Waals surface area contributed by atoms with Crippen molar-refractivity contribution >= 4 is 17.3 Å². The lowest BCUT2D eigenvalue weighted by molar-refractivity contribution is -0.117. The van der Waals surface area contributed by atoms with Gasteiger partial charge in [0, 0.05) is 17.9 Å². The Kier molecular flexibility index (Phi) is 3.91. The molecule has 0 unspecified atom stereocenters. The highest BCUT2D eigenvalue weighted by Gasteiger charge is 2.25. The van der Waals surface area contributed by atoms with E-state index in [2.05, 4.69) is 28.4 Å². The standard InChI is InChI=1S/C18H20N2O/c1-14(18(21)19-16-10-3-2-4-11-16)20-13-7-9-15-8-5-6-12-17(15)20/h2-6,8,10-12,14H,7,9,13H2,1H3,(H,19,21)/t14-/m0/s1. The number of para-hydroxylation sites is 2. The molecule has 0 saturated carbocycles. The highest BCUT2D eigenvalue weighted by Crippen LogP contribution is 2.28. The second kappa shape index (κ2) is 6.00. The molecule has 3 nitrogen and oxygen atoms in total. The molecule has 1 aliphatic rings. The zero-order valence-electron chi connectivity index (χ0n) is 12.3. The number of aryl methyl sites for hydroxylation is 1. The lowest BCUT2D eigenvalue weighted by atomic mass is 10.00. The van der Waals surface area contributed by atoms with Crippen LogP contribution in [0.3, 0.4) is 0 Å². The normalized spacial score (nSPS) is 15.2. The molecule has 0 bridgehead atoms. The molecule has 0 radical (unpaired) electrons. The molecule has 21 heavy (non-hydrogen) atoms. The molecule has 2 aromatic rings. The van der Waals surface area contributed by atoms with E-state index in [-0.39, 0.29) is 11.9 Å². The van der Waals surface area contributed by atoms with E-state index in [1.165, 1.54) is 11.3 Å². The Labute approximate surface area is 125 Å². The fourth-order valence-electron chi connectivity index (χ4n) is 2.87. The Morgan fingerprint density at radius 3 is 2.62 bits per heavy atom. The number of carbonyl (C=O) groups is 1. The van der Waals surface area contributed by atoms with Crippen LogP contribution < -0.4 is 10.2 Å². The Morgan fingerprint density at radius 1 is 1.10 bits per heavy atom. The monoisotopic (exact) mass is 280 g/mol. The number of hydrogen-bond acceptors (Lipinski definition) is 2. The number of benzene rings is 2. The second-order valence-electron chi connectivity index (χ2n) is 5.46. The molecule has 108 valence electrons. The summed E-state index contributed by atoms with van der Waals surface area (Å²) in [6.07, 6.45) is 2.19. The van der Waals surface area contributed by atoms with Crippen LogP contribution in [-0.4, -0.2) is 18.5 Å². The minimum Gasteiger partial charge on any atom is -0.360 e. The van der Waals surface area contributed by atoms with E-state index >= 15 is 0 Å². The van der Waals surface area contributed by atoms with Gasteiger partial charge in [0.15, 0.2) is 0 Å². The number of nitrogens with zero attached hydrogens (tertiary/aromatic N) is 1. The number of nitrogens with one attached hydrogen (secondary N) is 1. The highest BCUT2D eigenvalue weighted by atomic mass is 16.2. The summed E-state index contributed by atoms with van der Waals surface area (Å²) in [5.74, 6) is 0.0397. The third kappa shape index (κ3) is 2.92. The molecule has 1 aliphatic heterocycles. The maximum absolute atomic E-state index is 12.5. The molecule has 0 aliphatic carbocycles. The smallest absolute Gasteiger partial charge is 0.246 e. The molecule has 1 N–H and O–H groups in total. The fourth-order valence-corrected chi connectivity index (χ4v) is 2.87. The topological polar surface area (TPSA) is 32.3 Å². The van der Waals surface area contributed by atoms with Crippen molar-refractivity contribution in [2.24, 2.45) is 0 Å². The van der Waals surface area contributed by atoms with Crippen LogP contribution in [-0.2, 0) is 11.2 Å². The first-order chi connectivity index (χ1) is 10.3. The average Bonchev–Trinajstić information content (AvgIpc) is 2.54. The summed E-state index contributed by atoms with van der Waals surface area (Å²) in [6.45, 7) is 2.90. The van der Waals surface area contributed by atoms with Gasteiger partial charge < -0.3 is 10.2 Å². The molecular formula is C18H20N2O. The first-order valence-electron chi connectivity index (χ1n) is 7.46. The number of carbonyl (C=O) groups excluding carboxylic acids is 1. The van der Waals surface area contributed by atoms with Gasteiger partial charge in [-0.25, -0.2) is 0 Å². The number of hydrogen-bond donors (Lipinski definition) is 1. The predicted octanol–water partition coefficient (Wildman–Crippen LogP) is 3.47.